The summed E-state index contributed by atoms with van der Waals surface area (Å²) < 4.78 is 0. The first-order valence-corrected chi connectivity index (χ1v) is 4.74. The normalized spacial score (nSPS) is 10.7. The van der Waals surface area contributed by atoms with E-state index in [0.717, 1.165) is 19.3 Å². The summed E-state index contributed by atoms with van der Waals surface area (Å²) >= 11 is 0. The van der Waals surface area contributed by atoms with Crippen molar-refractivity contribution in [2.45, 2.75) is 52.9 Å². The van der Waals surface area contributed by atoms with Gasteiger partial charge in [0.15, 0.2) is 0 Å². The van der Waals surface area contributed by atoms with Crippen molar-refractivity contribution in [3.63, 3.8) is 0 Å². The minimum absolute atomic E-state index is 0. The number of hydrogen-bond donors (Lipinski definition) is 1. The van der Waals surface area contributed by atoms with Gasteiger partial charge in [-0.15, -0.1) is 0 Å². The molecule has 1 radical (unpaired) electrons. The molecule has 0 atom stereocenters. The van der Waals surface area contributed by atoms with Gasteiger partial charge in [0.25, 0.3) is 0 Å². The fourth-order valence-corrected chi connectivity index (χ4v) is 1.10. The van der Waals surface area contributed by atoms with E-state index in [4.69, 9.17) is 5.11 Å². The summed E-state index contributed by atoms with van der Waals surface area (Å²) in [7, 11) is 0. The average molecular weight is 195 g/mol. The van der Waals surface area contributed by atoms with Gasteiger partial charge in [0, 0.05) is 29.6 Å². The monoisotopic (exact) mass is 195 g/mol. The molecule has 73 valence electrons. The standard InChI is InChI=1S/C10H20O2.Na/c1-4-5-6-7-8-10(2,3)9(11)12;/h4-8H2,1-3H3,(H,11,12);. The van der Waals surface area contributed by atoms with Crippen LogP contribution in [0.15, 0.2) is 0 Å². The van der Waals surface area contributed by atoms with Crippen molar-refractivity contribution < 1.29 is 9.90 Å². The molecule has 0 aromatic carbocycles. The quantitative estimate of drug-likeness (QED) is 0.522. The van der Waals surface area contributed by atoms with Gasteiger partial charge in [-0.25, -0.2) is 0 Å². The van der Waals surface area contributed by atoms with E-state index in [1.54, 1.807) is 13.8 Å². The average Bonchev–Trinajstić information content (AvgIpc) is 1.98. The van der Waals surface area contributed by atoms with Crippen molar-refractivity contribution in [1.82, 2.24) is 0 Å². The second-order valence-electron chi connectivity index (χ2n) is 4.00. The third kappa shape index (κ3) is 7.53. The zero-order valence-corrected chi connectivity index (χ0v) is 11.4. The van der Waals surface area contributed by atoms with Gasteiger partial charge in [-0.2, -0.15) is 0 Å². The molecule has 0 spiro atoms. The summed E-state index contributed by atoms with van der Waals surface area (Å²) in [6.45, 7) is 5.74. The molecule has 0 aliphatic carbocycles. The van der Waals surface area contributed by atoms with Crippen molar-refractivity contribution in [2.75, 3.05) is 0 Å². The van der Waals surface area contributed by atoms with E-state index in [1.165, 1.54) is 12.8 Å². The molecule has 0 aromatic rings. The van der Waals surface area contributed by atoms with E-state index in [-0.39, 0.29) is 29.6 Å². The second-order valence-corrected chi connectivity index (χ2v) is 4.00. The van der Waals surface area contributed by atoms with E-state index in [1.807, 2.05) is 0 Å². The molecule has 0 fully saturated rings. The van der Waals surface area contributed by atoms with Crippen LogP contribution in [0.25, 0.3) is 0 Å². The second kappa shape index (κ2) is 7.84. The van der Waals surface area contributed by atoms with E-state index in [2.05, 4.69) is 6.92 Å². The summed E-state index contributed by atoms with van der Waals surface area (Å²) in [6.07, 6.45) is 5.41. The molecule has 0 bridgehead atoms. The SMILES string of the molecule is CCCCCCC(C)(C)C(=O)O.[Na]. The number of aliphatic carboxylic acids is 1. The Morgan fingerprint density at radius 2 is 1.77 bits per heavy atom. The number of rotatable bonds is 6. The molecular formula is C10H20NaO2. The molecule has 0 aliphatic heterocycles. The predicted molar refractivity (Wildman–Crippen MR) is 55.9 cm³/mol. The van der Waals surface area contributed by atoms with E-state index < -0.39 is 11.4 Å². The first-order valence-electron chi connectivity index (χ1n) is 4.74. The summed E-state index contributed by atoms with van der Waals surface area (Å²) in [5.74, 6) is -0.681. The summed E-state index contributed by atoms with van der Waals surface area (Å²) in [4.78, 5) is 10.7. The van der Waals surface area contributed by atoms with Gasteiger partial charge in [-0.3, -0.25) is 4.79 Å². The fourth-order valence-electron chi connectivity index (χ4n) is 1.10. The summed E-state index contributed by atoms with van der Waals surface area (Å²) in [6, 6.07) is 0. The van der Waals surface area contributed by atoms with Crippen LogP contribution in [0.4, 0.5) is 0 Å². The summed E-state index contributed by atoms with van der Waals surface area (Å²) in [5.41, 5.74) is -0.534. The Morgan fingerprint density at radius 3 is 2.15 bits per heavy atom. The number of unbranched alkanes of at least 4 members (excludes halogenated alkanes) is 3. The molecule has 1 N–H and O–H groups in total. The molecule has 0 rings (SSSR count). The Balaban J connectivity index is 0. The van der Waals surface area contributed by atoms with Gasteiger partial charge >= 0.3 is 5.97 Å². The molecule has 13 heavy (non-hydrogen) atoms. The molecule has 0 aliphatic rings. The van der Waals surface area contributed by atoms with Crippen LogP contribution in [0.5, 0.6) is 0 Å². The van der Waals surface area contributed by atoms with Gasteiger partial charge in [0.2, 0.25) is 0 Å². The third-order valence-electron chi connectivity index (χ3n) is 2.23. The molecule has 0 unspecified atom stereocenters. The van der Waals surface area contributed by atoms with Crippen LogP contribution >= 0.6 is 0 Å². The molecule has 2 nitrogen and oxygen atoms in total. The van der Waals surface area contributed by atoms with Gasteiger partial charge in [-0.1, -0.05) is 32.6 Å². The van der Waals surface area contributed by atoms with Crippen LogP contribution in [0.3, 0.4) is 0 Å². The number of carbonyl (C=O) groups is 1. The molecule has 0 heterocycles. The molecular weight excluding hydrogens is 175 g/mol. The Bertz CT molecular complexity index is 144. The first-order chi connectivity index (χ1) is 5.50. The van der Waals surface area contributed by atoms with Gasteiger partial charge in [0.05, 0.1) is 5.41 Å². The van der Waals surface area contributed by atoms with Crippen LogP contribution in [-0.4, -0.2) is 40.6 Å². The minimum Gasteiger partial charge on any atom is -0.481 e. The Hall–Kier alpha value is 0.470. The maximum Gasteiger partial charge on any atom is 0.309 e. The predicted octanol–water partition coefficient (Wildman–Crippen LogP) is 2.69. The van der Waals surface area contributed by atoms with E-state index in [9.17, 15) is 4.79 Å². The van der Waals surface area contributed by atoms with Gasteiger partial charge in [-0.05, 0) is 20.3 Å². The number of hydrogen-bond acceptors (Lipinski definition) is 1. The van der Waals surface area contributed by atoms with Gasteiger partial charge < -0.3 is 5.11 Å². The third-order valence-corrected chi connectivity index (χ3v) is 2.23. The van der Waals surface area contributed by atoms with Crippen LogP contribution < -0.4 is 0 Å². The smallest absolute Gasteiger partial charge is 0.309 e. The van der Waals surface area contributed by atoms with Crippen LogP contribution in [0, 0.1) is 5.41 Å². The van der Waals surface area contributed by atoms with E-state index >= 15 is 0 Å². The molecule has 0 saturated carbocycles. The van der Waals surface area contributed by atoms with Crippen LogP contribution in [0.2, 0.25) is 0 Å². The van der Waals surface area contributed by atoms with Crippen LogP contribution in [0.1, 0.15) is 52.9 Å². The van der Waals surface area contributed by atoms with Crippen molar-refractivity contribution in [3.8, 4) is 0 Å². The molecule has 3 heteroatoms. The van der Waals surface area contributed by atoms with Crippen molar-refractivity contribution in [1.29, 1.82) is 0 Å². The topological polar surface area (TPSA) is 37.3 Å². The maximum atomic E-state index is 10.7. The summed E-state index contributed by atoms with van der Waals surface area (Å²) in [5, 5.41) is 8.80. The first kappa shape index (κ1) is 15.9. The van der Waals surface area contributed by atoms with Crippen molar-refractivity contribution in [2.24, 2.45) is 5.41 Å². The van der Waals surface area contributed by atoms with Crippen molar-refractivity contribution in [3.05, 3.63) is 0 Å². The Morgan fingerprint density at radius 1 is 1.23 bits per heavy atom. The van der Waals surface area contributed by atoms with Gasteiger partial charge in [0.1, 0.15) is 0 Å². The molecule has 0 saturated heterocycles. The fraction of sp³-hybridized carbons (Fsp3) is 0.900. The maximum absolute atomic E-state index is 10.7. The number of carboxylic acids is 1. The van der Waals surface area contributed by atoms with Crippen LogP contribution in [-0.2, 0) is 4.79 Å². The minimum atomic E-state index is -0.681. The van der Waals surface area contributed by atoms with Crippen molar-refractivity contribution >= 4 is 35.5 Å². The zero-order valence-electron chi connectivity index (χ0n) is 9.39. The Kier molecular flexibility index (Phi) is 9.60. The molecule has 0 amide bonds. The largest absolute Gasteiger partial charge is 0.481 e. The zero-order chi connectivity index (χ0) is 9.61. The van der Waals surface area contributed by atoms with E-state index in [0.29, 0.717) is 0 Å². The number of carboxylic acid groups (broad SMARTS) is 1. The Labute approximate surface area is 103 Å². The molecule has 0 aromatic heterocycles.